The van der Waals surface area contributed by atoms with Gasteiger partial charge in [-0.1, -0.05) is 12.1 Å². The van der Waals surface area contributed by atoms with Crippen LogP contribution < -0.4 is 5.73 Å². The number of benzene rings is 1. The van der Waals surface area contributed by atoms with Gasteiger partial charge in [-0.3, -0.25) is 0 Å². The van der Waals surface area contributed by atoms with Crippen molar-refractivity contribution in [2.24, 2.45) is 5.73 Å². The van der Waals surface area contributed by atoms with E-state index in [1.165, 1.54) is 7.11 Å². The summed E-state index contributed by atoms with van der Waals surface area (Å²) in [6.07, 6.45) is 0. The van der Waals surface area contributed by atoms with Crippen molar-refractivity contribution in [2.75, 3.05) is 7.11 Å². The van der Waals surface area contributed by atoms with E-state index in [-0.39, 0.29) is 6.54 Å². The van der Waals surface area contributed by atoms with Crippen molar-refractivity contribution < 1.29 is 9.53 Å². The average molecular weight is 204 g/mol. The molecule has 2 N–H and O–H groups in total. The smallest absolute Gasteiger partial charge is 0.339 e. The van der Waals surface area contributed by atoms with Gasteiger partial charge in [-0.2, -0.15) is 5.26 Å². The minimum Gasteiger partial charge on any atom is -0.465 e. The Morgan fingerprint density at radius 1 is 1.60 bits per heavy atom. The molecule has 15 heavy (non-hydrogen) atoms. The summed E-state index contributed by atoms with van der Waals surface area (Å²) in [6.45, 7) is 1.99. The van der Waals surface area contributed by atoms with Crippen molar-refractivity contribution >= 4 is 5.97 Å². The summed E-state index contributed by atoms with van der Waals surface area (Å²) in [5.41, 5.74) is 7.48. The number of ether oxygens (including phenoxy) is 1. The molecule has 0 amide bonds. The molecule has 4 nitrogen and oxygen atoms in total. The van der Waals surface area contributed by atoms with Crippen LogP contribution in [0.15, 0.2) is 12.1 Å². The van der Waals surface area contributed by atoms with Crippen LogP contribution in [-0.2, 0) is 11.3 Å². The number of aryl methyl sites for hydroxylation is 1. The van der Waals surface area contributed by atoms with E-state index in [2.05, 4.69) is 4.74 Å². The Morgan fingerprint density at radius 3 is 2.73 bits per heavy atom. The Hall–Kier alpha value is -1.86. The Kier molecular flexibility index (Phi) is 3.42. The SMILES string of the molecule is COC(=O)c1c(C)ccc(CN)c1C#N. The predicted molar refractivity (Wildman–Crippen MR) is 55.1 cm³/mol. The lowest BCUT2D eigenvalue weighted by atomic mass is 9.97. The molecule has 0 saturated carbocycles. The van der Waals surface area contributed by atoms with Gasteiger partial charge in [-0.25, -0.2) is 4.79 Å². The zero-order valence-corrected chi connectivity index (χ0v) is 8.70. The molecule has 0 atom stereocenters. The minimum atomic E-state index is -0.501. The van der Waals surface area contributed by atoms with Crippen LogP contribution in [0.5, 0.6) is 0 Å². The highest BCUT2D eigenvalue weighted by Crippen LogP contribution is 2.19. The summed E-state index contributed by atoms with van der Waals surface area (Å²) < 4.78 is 4.63. The summed E-state index contributed by atoms with van der Waals surface area (Å²) in [6, 6.07) is 5.50. The maximum atomic E-state index is 11.5. The molecular formula is C11H12N2O2. The minimum absolute atomic E-state index is 0.229. The fourth-order valence-electron chi connectivity index (χ4n) is 1.41. The number of rotatable bonds is 2. The van der Waals surface area contributed by atoms with Gasteiger partial charge in [0.25, 0.3) is 0 Å². The second-order valence-electron chi connectivity index (χ2n) is 3.10. The molecule has 0 aliphatic carbocycles. The molecule has 0 aliphatic rings. The maximum Gasteiger partial charge on any atom is 0.339 e. The molecule has 0 bridgehead atoms. The first-order valence-corrected chi connectivity index (χ1v) is 4.46. The highest BCUT2D eigenvalue weighted by atomic mass is 16.5. The van der Waals surface area contributed by atoms with Crippen molar-refractivity contribution in [3.05, 3.63) is 34.4 Å². The summed E-state index contributed by atoms with van der Waals surface area (Å²) in [7, 11) is 1.29. The van der Waals surface area contributed by atoms with Crippen LogP contribution in [0.3, 0.4) is 0 Å². The van der Waals surface area contributed by atoms with Crippen LogP contribution in [0.1, 0.15) is 27.0 Å². The van der Waals surface area contributed by atoms with Gasteiger partial charge in [0, 0.05) is 6.54 Å². The Bertz CT molecular complexity index is 433. The third kappa shape index (κ3) is 1.97. The molecule has 0 radical (unpaired) electrons. The molecular weight excluding hydrogens is 192 g/mol. The van der Waals surface area contributed by atoms with Crippen molar-refractivity contribution in [3.8, 4) is 6.07 Å². The summed E-state index contributed by atoms with van der Waals surface area (Å²) in [4.78, 5) is 11.5. The molecule has 0 saturated heterocycles. The third-order valence-corrected chi connectivity index (χ3v) is 2.22. The number of nitrogens with zero attached hydrogens (tertiary/aromatic N) is 1. The van der Waals surface area contributed by atoms with E-state index >= 15 is 0 Å². The molecule has 0 heterocycles. The van der Waals surface area contributed by atoms with Crippen molar-refractivity contribution in [1.29, 1.82) is 5.26 Å². The largest absolute Gasteiger partial charge is 0.465 e. The standard InChI is InChI=1S/C11H12N2O2/c1-7-3-4-8(5-12)9(6-13)10(7)11(14)15-2/h3-4H,5,12H2,1-2H3. The fourth-order valence-corrected chi connectivity index (χ4v) is 1.41. The van der Waals surface area contributed by atoms with Gasteiger partial charge >= 0.3 is 5.97 Å². The Morgan fingerprint density at radius 2 is 2.27 bits per heavy atom. The summed E-state index contributed by atoms with van der Waals surface area (Å²) >= 11 is 0. The van der Waals surface area contributed by atoms with Gasteiger partial charge < -0.3 is 10.5 Å². The monoisotopic (exact) mass is 204 g/mol. The van der Waals surface area contributed by atoms with E-state index in [1.807, 2.05) is 6.07 Å². The lowest BCUT2D eigenvalue weighted by Gasteiger charge is -2.09. The van der Waals surface area contributed by atoms with E-state index in [4.69, 9.17) is 11.0 Å². The number of hydrogen-bond acceptors (Lipinski definition) is 4. The van der Waals surface area contributed by atoms with Gasteiger partial charge in [0.1, 0.15) is 6.07 Å². The second-order valence-corrected chi connectivity index (χ2v) is 3.10. The van der Waals surface area contributed by atoms with E-state index in [1.54, 1.807) is 19.1 Å². The van der Waals surface area contributed by atoms with E-state index in [9.17, 15) is 4.79 Å². The van der Waals surface area contributed by atoms with Crippen molar-refractivity contribution in [3.63, 3.8) is 0 Å². The highest BCUT2D eigenvalue weighted by Gasteiger charge is 2.17. The number of nitrogens with two attached hydrogens (primary N) is 1. The highest BCUT2D eigenvalue weighted by molar-refractivity contribution is 5.94. The first kappa shape index (κ1) is 11.2. The topological polar surface area (TPSA) is 76.1 Å². The number of hydrogen-bond donors (Lipinski definition) is 1. The molecule has 0 aromatic heterocycles. The van der Waals surface area contributed by atoms with Crippen molar-refractivity contribution in [1.82, 2.24) is 0 Å². The number of esters is 1. The van der Waals surface area contributed by atoms with Gasteiger partial charge in [0.05, 0.1) is 18.2 Å². The average Bonchev–Trinajstić information content (AvgIpc) is 2.27. The van der Waals surface area contributed by atoms with E-state index in [0.29, 0.717) is 16.7 Å². The number of nitriles is 1. The van der Waals surface area contributed by atoms with Gasteiger partial charge in [0.2, 0.25) is 0 Å². The van der Waals surface area contributed by atoms with Gasteiger partial charge in [0.15, 0.2) is 0 Å². The number of methoxy groups -OCH3 is 1. The molecule has 4 heteroatoms. The third-order valence-electron chi connectivity index (χ3n) is 2.22. The summed E-state index contributed by atoms with van der Waals surface area (Å²) in [5.74, 6) is -0.501. The molecule has 78 valence electrons. The normalized spacial score (nSPS) is 9.47. The molecule has 0 aliphatic heterocycles. The van der Waals surface area contributed by atoms with E-state index < -0.39 is 5.97 Å². The van der Waals surface area contributed by atoms with Crippen molar-refractivity contribution in [2.45, 2.75) is 13.5 Å². The number of carbonyl (C=O) groups is 1. The summed E-state index contributed by atoms with van der Waals surface area (Å²) in [5, 5.41) is 8.99. The van der Waals surface area contributed by atoms with Gasteiger partial charge in [-0.05, 0) is 18.1 Å². The fraction of sp³-hybridized carbons (Fsp3) is 0.273. The van der Waals surface area contributed by atoms with Crippen LogP contribution in [0.2, 0.25) is 0 Å². The molecule has 1 rings (SSSR count). The van der Waals surface area contributed by atoms with Crippen LogP contribution >= 0.6 is 0 Å². The molecule has 0 unspecified atom stereocenters. The quantitative estimate of drug-likeness (QED) is 0.732. The molecule has 0 fully saturated rings. The second kappa shape index (κ2) is 4.58. The van der Waals surface area contributed by atoms with Gasteiger partial charge in [-0.15, -0.1) is 0 Å². The Labute approximate surface area is 88.3 Å². The lowest BCUT2D eigenvalue weighted by molar-refractivity contribution is 0.0599. The Balaban J connectivity index is 3.47. The maximum absolute atomic E-state index is 11.5. The molecule has 1 aromatic carbocycles. The zero-order chi connectivity index (χ0) is 11.4. The number of carbonyl (C=O) groups excluding carboxylic acids is 1. The van der Waals surface area contributed by atoms with Crippen LogP contribution in [0.25, 0.3) is 0 Å². The van der Waals surface area contributed by atoms with Crippen LogP contribution in [-0.4, -0.2) is 13.1 Å². The molecule has 0 spiro atoms. The zero-order valence-electron chi connectivity index (χ0n) is 8.70. The van der Waals surface area contributed by atoms with E-state index in [0.717, 1.165) is 5.56 Å². The predicted octanol–water partition coefficient (Wildman–Crippen LogP) is 1.11. The van der Waals surface area contributed by atoms with Crippen LogP contribution in [0, 0.1) is 18.3 Å². The first-order chi connectivity index (χ1) is 7.15. The first-order valence-electron chi connectivity index (χ1n) is 4.46. The molecule has 1 aromatic rings. The lowest BCUT2D eigenvalue weighted by Crippen LogP contribution is -2.10. The van der Waals surface area contributed by atoms with Crippen LogP contribution in [0.4, 0.5) is 0 Å².